The van der Waals surface area contributed by atoms with Gasteiger partial charge in [0.15, 0.2) is 0 Å². The number of benzene rings is 1. The molecule has 150 valence electrons. The minimum Gasteiger partial charge on any atom is -0.361 e. The third kappa shape index (κ3) is 4.24. The van der Waals surface area contributed by atoms with Crippen molar-refractivity contribution in [1.82, 2.24) is 15.0 Å². The molecule has 0 radical (unpaired) electrons. The van der Waals surface area contributed by atoms with Crippen molar-refractivity contribution in [2.75, 3.05) is 20.1 Å². The molecule has 1 atom stereocenters. The minimum atomic E-state index is -0.360. The Bertz CT molecular complexity index is 845. The highest BCUT2D eigenvalue weighted by atomic mass is 19.1. The second-order valence-electron chi connectivity index (χ2n) is 7.35. The van der Waals surface area contributed by atoms with Crippen LogP contribution in [-0.4, -0.2) is 52.9 Å². The fourth-order valence-electron chi connectivity index (χ4n) is 3.75. The summed E-state index contributed by atoms with van der Waals surface area (Å²) in [5, 5.41) is 3.86. The summed E-state index contributed by atoms with van der Waals surface area (Å²) in [4.78, 5) is 29.0. The molecule has 28 heavy (non-hydrogen) atoms. The Morgan fingerprint density at radius 1 is 1.25 bits per heavy atom. The fraction of sp³-hybridized carbons (Fsp3) is 0.476. The Morgan fingerprint density at radius 2 is 2.00 bits per heavy atom. The summed E-state index contributed by atoms with van der Waals surface area (Å²) in [5.74, 6) is -0.0142. The molecule has 2 amide bonds. The highest BCUT2D eigenvalue weighted by molar-refractivity contribution is 5.96. The quantitative estimate of drug-likeness (QED) is 0.808. The molecule has 2 aromatic rings. The van der Waals surface area contributed by atoms with Crippen molar-refractivity contribution in [1.29, 1.82) is 0 Å². The summed E-state index contributed by atoms with van der Waals surface area (Å²) >= 11 is 0. The number of likely N-dealkylation sites (N-methyl/N-ethyl adjacent to an activating group) is 1. The normalized spacial score (nSPS) is 17.3. The van der Waals surface area contributed by atoms with Crippen molar-refractivity contribution in [2.45, 2.75) is 45.6 Å². The van der Waals surface area contributed by atoms with Gasteiger partial charge >= 0.3 is 0 Å². The van der Waals surface area contributed by atoms with Crippen molar-refractivity contribution >= 4 is 11.8 Å². The van der Waals surface area contributed by atoms with Crippen molar-refractivity contribution in [3.8, 4) is 0 Å². The molecule has 0 bridgehead atoms. The largest absolute Gasteiger partial charge is 0.361 e. The molecule has 1 saturated heterocycles. The number of likely N-dealkylation sites (tertiary alicyclic amines) is 1. The lowest BCUT2D eigenvalue weighted by atomic mass is 10.1. The molecule has 0 saturated carbocycles. The fourth-order valence-corrected chi connectivity index (χ4v) is 3.75. The topological polar surface area (TPSA) is 66.7 Å². The summed E-state index contributed by atoms with van der Waals surface area (Å²) < 4.78 is 18.9. The number of hydrogen-bond donors (Lipinski definition) is 0. The Labute approximate surface area is 164 Å². The van der Waals surface area contributed by atoms with Crippen LogP contribution in [0.15, 0.2) is 28.8 Å². The number of rotatable bonds is 4. The molecule has 1 aromatic carbocycles. The molecule has 3 rings (SSSR count). The molecule has 7 heteroatoms. The van der Waals surface area contributed by atoms with E-state index in [4.69, 9.17) is 4.52 Å². The number of carbonyl (C=O) groups is 2. The second-order valence-corrected chi connectivity index (χ2v) is 7.35. The van der Waals surface area contributed by atoms with Gasteiger partial charge in [-0.2, -0.15) is 0 Å². The van der Waals surface area contributed by atoms with E-state index >= 15 is 0 Å². The Balaban J connectivity index is 1.62. The van der Waals surface area contributed by atoms with Gasteiger partial charge in [0.2, 0.25) is 5.91 Å². The van der Waals surface area contributed by atoms with Crippen LogP contribution in [0.2, 0.25) is 0 Å². The van der Waals surface area contributed by atoms with Crippen LogP contribution in [0.1, 0.15) is 46.6 Å². The van der Waals surface area contributed by atoms with Crippen LogP contribution in [0.25, 0.3) is 0 Å². The second kappa shape index (κ2) is 8.54. The highest BCUT2D eigenvalue weighted by Crippen LogP contribution is 2.21. The van der Waals surface area contributed by atoms with Crippen molar-refractivity contribution < 1.29 is 18.5 Å². The average molecular weight is 387 g/mol. The Kier molecular flexibility index (Phi) is 6.11. The smallest absolute Gasteiger partial charge is 0.259 e. The number of hydrogen-bond acceptors (Lipinski definition) is 4. The van der Waals surface area contributed by atoms with E-state index in [1.165, 1.54) is 6.07 Å². The zero-order valence-electron chi connectivity index (χ0n) is 16.6. The lowest BCUT2D eigenvalue weighted by molar-refractivity contribution is -0.131. The van der Waals surface area contributed by atoms with Crippen molar-refractivity contribution in [3.63, 3.8) is 0 Å². The van der Waals surface area contributed by atoms with E-state index in [0.29, 0.717) is 42.1 Å². The van der Waals surface area contributed by atoms with Gasteiger partial charge in [0, 0.05) is 26.2 Å². The molecule has 2 heterocycles. The van der Waals surface area contributed by atoms with E-state index in [0.717, 1.165) is 12.8 Å². The SMILES string of the molecule is Cc1noc(C)c1C(=O)N1CCC[C@@H](N(C)C(=O)Cc2ccccc2F)CC1. The molecule has 0 aliphatic carbocycles. The average Bonchev–Trinajstić information content (AvgIpc) is 2.87. The van der Waals surface area contributed by atoms with Gasteiger partial charge in [0.25, 0.3) is 5.91 Å². The maximum absolute atomic E-state index is 13.8. The van der Waals surface area contributed by atoms with Crippen LogP contribution in [-0.2, 0) is 11.2 Å². The molecular formula is C21H26FN3O3. The number of amides is 2. The number of carbonyl (C=O) groups excluding carboxylic acids is 2. The van der Waals surface area contributed by atoms with E-state index in [1.807, 2.05) is 4.90 Å². The Morgan fingerprint density at radius 3 is 2.68 bits per heavy atom. The van der Waals surface area contributed by atoms with Crippen LogP contribution in [0.4, 0.5) is 4.39 Å². The van der Waals surface area contributed by atoms with Crippen LogP contribution in [0, 0.1) is 19.7 Å². The first-order valence-corrected chi connectivity index (χ1v) is 9.59. The molecule has 6 nitrogen and oxygen atoms in total. The lowest BCUT2D eigenvalue weighted by Gasteiger charge is -2.27. The van der Waals surface area contributed by atoms with Crippen LogP contribution in [0.3, 0.4) is 0 Å². The van der Waals surface area contributed by atoms with Gasteiger partial charge in [-0.3, -0.25) is 9.59 Å². The zero-order valence-corrected chi connectivity index (χ0v) is 16.6. The third-order valence-electron chi connectivity index (χ3n) is 5.47. The molecule has 1 fully saturated rings. The summed E-state index contributed by atoms with van der Waals surface area (Å²) in [6.45, 7) is 4.70. The molecular weight excluding hydrogens is 361 g/mol. The molecule has 0 unspecified atom stereocenters. The monoisotopic (exact) mass is 387 g/mol. The van der Waals surface area contributed by atoms with Crippen LogP contribution < -0.4 is 0 Å². The predicted octanol–water partition coefficient (Wildman–Crippen LogP) is 3.13. The number of nitrogens with zero attached hydrogens (tertiary/aromatic N) is 3. The van der Waals surface area contributed by atoms with Gasteiger partial charge in [-0.1, -0.05) is 23.4 Å². The number of aryl methyl sites for hydroxylation is 2. The molecule has 0 spiro atoms. The van der Waals surface area contributed by atoms with Crippen molar-refractivity contribution in [2.24, 2.45) is 0 Å². The van der Waals surface area contributed by atoms with E-state index in [9.17, 15) is 14.0 Å². The first-order valence-electron chi connectivity index (χ1n) is 9.59. The van der Waals surface area contributed by atoms with E-state index < -0.39 is 0 Å². The standard InChI is InChI=1S/C21H26FN3O3/c1-14-20(15(2)28-23-14)21(27)25-11-6-8-17(10-12-25)24(3)19(26)13-16-7-4-5-9-18(16)22/h4-5,7,9,17H,6,8,10-13H2,1-3H3/t17-/m1/s1. The third-order valence-corrected chi connectivity index (χ3v) is 5.47. The maximum atomic E-state index is 13.8. The van der Waals surface area contributed by atoms with Gasteiger partial charge in [0.1, 0.15) is 17.1 Å². The summed E-state index contributed by atoms with van der Waals surface area (Å²) in [6, 6.07) is 6.38. The van der Waals surface area contributed by atoms with Gasteiger partial charge in [0.05, 0.1) is 12.1 Å². The molecule has 0 N–H and O–H groups in total. The summed E-state index contributed by atoms with van der Waals surface area (Å²) in [5.41, 5.74) is 1.53. The number of aromatic nitrogens is 1. The van der Waals surface area contributed by atoms with Gasteiger partial charge in [-0.25, -0.2) is 4.39 Å². The summed E-state index contributed by atoms with van der Waals surface area (Å²) in [6.07, 6.45) is 2.35. The molecule has 1 aliphatic rings. The summed E-state index contributed by atoms with van der Waals surface area (Å²) in [7, 11) is 1.76. The van der Waals surface area contributed by atoms with Crippen LogP contribution >= 0.6 is 0 Å². The predicted molar refractivity (Wildman–Crippen MR) is 102 cm³/mol. The molecule has 1 aliphatic heterocycles. The minimum absolute atomic E-state index is 0.0294. The first-order chi connectivity index (χ1) is 13.4. The van der Waals surface area contributed by atoms with E-state index in [2.05, 4.69) is 5.16 Å². The van der Waals surface area contributed by atoms with Gasteiger partial charge in [-0.15, -0.1) is 0 Å². The maximum Gasteiger partial charge on any atom is 0.259 e. The van der Waals surface area contributed by atoms with E-state index in [1.54, 1.807) is 44.0 Å². The first kappa shape index (κ1) is 20.0. The number of halogens is 1. The Hall–Kier alpha value is -2.70. The lowest BCUT2D eigenvalue weighted by Crippen LogP contribution is -2.39. The van der Waals surface area contributed by atoms with Gasteiger partial charge in [-0.05, 0) is 44.7 Å². The van der Waals surface area contributed by atoms with Crippen LogP contribution in [0.5, 0.6) is 0 Å². The highest BCUT2D eigenvalue weighted by Gasteiger charge is 2.28. The van der Waals surface area contributed by atoms with E-state index in [-0.39, 0.29) is 30.1 Å². The molecule has 1 aromatic heterocycles. The zero-order chi connectivity index (χ0) is 20.3. The van der Waals surface area contributed by atoms with Crippen molar-refractivity contribution in [3.05, 3.63) is 52.7 Å². The van der Waals surface area contributed by atoms with Gasteiger partial charge < -0.3 is 14.3 Å².